The van der Waals surface area contributed by atoms with Gasteiger partial charge in [0.2, 0.25) is 0 Å². The lowest BCUT2D eigenvalue weighted by Crippen LogP contribution is -1.98. The summed E-state index contributed by atoms with van der Waals surface area (Å²) >= 11 is 0. The van der Waals surface area contributed by atoms with Crippen molar-refractivity contribution in [1.29, 1.82) is 0 Å². The molecular formula is C13H14O4S. The Hall–Kier alpha value is -1.59. The van der Waals surface area contributed by atoms with Crippen LogP contribution in [0.1, 0.15) is 11.1 Å². The molecule has 0 radical (unpaired) electrons. The predicted octanol–water partition coefficient (Wildman–Crippen LogP) is 2.71. The van der Waals surface area contributed by atoms with Crippen LogP contribution in [0, 0.1) is 13.8 Å². The van der Waals surface area contributed by atoms with Gasteiger partial charge in [0.05, 0.1) is 12.0 Å². The minimum Gasteiger partial charge on any atom is -0.496 e. The molecule has 96 valence electrons. The van der Waals surface area contributed by atoms with Crippen LogP contribution in [-0.2, 0) is 10.1 Å². The first-order valence-corrected chi connectivity index (χ1v) is 6.84. The van der Waals surface area contributed by atoms with E-state index in [-0.39, 0.29) is 4.90 Å². The van der Waals surface area contributed by atoms with Gasteiger partial charge in [-0.25, -0.2) is 0 Å². The molecular weight excluding hydrogens is 252 g/mol. The van der Waals surface area contributed by atoms with Gasteiger partial charge in [-0.2, -0.15) is 8.42 Å². The highest BCUT2D eigenvalue weighted by atomic mass is 32.2. The molecule has 2 aromatic carbocycles. The summed E-state index contributed by atoms with van der Waals surface area (Å²) in [6.45, 7) is 3.88. The summed E-state index contributed by atoms with van der Waals surface area (Å²) in [5.74, 6) is 0.729. The molecule has 4 nitrogen and oxygen atoms in total. The fraction of sp³-hybridized carbons (Fsp3) is 0.231. The number of hydrogen-bond acceptors (Lipinski definition) is 3. The first kappa shape index (κ1) is 12.9. The van der Waals surface area contributed by atoms with Crippen molar-refractivity contribution in [3.05, 3.63) is 35.4 Å². The van der Waals surface area contributed by atoms with Gasteiger partial charge in [-0.1, -0.05) is 6.07 Å². The molecule has 0 aliphatic heterocycles. The van der Waals surface area contributed by atoms with Gasteiger partial charge in [-0.05, 0) is 48.6 Å². The van der Waals surface area contributed by atoms with Crippen molar-refractivity contribution < 1.29 is 17.7 Å². The van der Waals surface area contributed by atoms with Gasteiger partial charge < -0.3 is 4.74 Å². The Bertz CT molecular complexity index is 717. The topological polar surface area (TPSA) is 63.6 Å². The van der Waals surface area contributed by atoms with Gasteiger partial charge in [0.1, 0.15) is 5.75 Å². The third-order valence-electron chi connectivity index (χ3n) is 3.07. The number of rotatable bonds is 2. The second-order valence-electron chi connectivity index (χ2n) is 4.21. The molecule has 0 heterocycles. The normalized spacial score (nSPS) is 11.8. The van der Waals surface area contributed by atoms with Gasteiger partial charge in [0.15, 0.2) is 0 Å². The number of methoxy groups -OCH3 is 1. The van der Waals surface area contributed by atoms with E-state index in [0.29, 0.717) is 0 Å². The molecule has 0 amide bonds. The van der Waals surface area contributed by atoms with Crippen LogP contribution in [0.3, 0.4) is 0 Å². The van der Waals surface area contributed by atoms with Crippen LogP contribution in [0.5, 0.6) is 5.75 Å². The Morgan fingerprint density at radius 2 is 1.83 bits per heavy atom. The molecule has 0 bridgehead atoms. The molecule has 0 spiro atoms. The van der Waals surface area contributed by atoms with Crippen LogP contribution in [0.25, 0.3) is 10.8 Å². The summed E-state index contributed by atoms with van der Waals surface area (Å²) in [5.41, 5.74) is 2.02. The van der Waals surface area contributed by atoms with Gasteiger partial charge >= 0.3 is 0 Å². The highest BCUT2D eigenvalue weighted by molar-refractivity contribution is 7.85. The first-order chi connectivity index (χ1) is 8.34. The molecule has 0 saturated carbocycles. The maximum Gasteiger partial charge on any atom is 0.294 e. The maximum atomic E-state index is 11.1. The second-order valence-corrected chi connectivity index (χ2v) is 5.63. The van der Waals surface area contributed by atoms with E-state index in [1.165, 1.54) is 12.1 Å². The number of hydrogen-bond donors (Lipinski definition) is 1. The van der Waals surface area contributed by atoms with Gasteiger partial charge in [0, 0.05) is 5.39 Å². The van der Waals surface area contributed by atoms with Crippen LogP contribution in [-0.4, -0.2) is 20.1 Å². The molecule has 2 rings (SSSR count). The quantitative estimate of drug-likeness (QED) is 0.849. The van der Waals surface area contributed by atoms with Crippen LogP contribution in [0.2, 0.25) is 0 Å². The summed E-state index contributed by atoms with van der Waals surface area (Å²) in [4.78, 5) is -0.111. The highest BCUT2D eigenvalue weighted by Gasteiger charge is 2.13. The molecule has 0 aliphatic rings. The zero-order valence-corrected chi connectivity index (χ0v) is 11.2. The van der Waals surface area contributed by atoms with Crippen molar-refractivity contribution in [1.82, 2.24) is 0 Å². The van der Waals surface area contributed by atoms with Gasteiger partial charge in [-0.15, -0.1) is 0 Å². The third-order valence-corrected chi connectivity index (χ3v) is 3.92. The summed E-state index contributed by atoms with van der Waals surface area (Å²) in [7, 11) is -2.60. The van der Waals surface area contributed by atoms with E-state index in [0.717, 1.165) is 27.6 Å². The van der Waals surface area contributed by atoms with E-state index < -0.39 is 10.1 Å². The zero-order chi connectivity index (χ0) is 13.5. The number of benzene rings is 2. The Labute approximate surface area is 106 Å². The number of fused-ring (bicyclic) bond motifs is 1. The molecule has 0 atom stereocenters. The number of ether oxygens (including phenoxy) is 1. The maximum absolute atomic E-state index is 11.1. The first-order valence-electron chi connectivity index (χ1n) is 5.40. The molecule has 5 heteroatoms. The van der Waals surface area contributed by atoms with Crippen molar-refractivity contribution in [2.75, 3.05) is 7.11 Å². The van der Waals surface area contributed by atoms with Crippen LogP contribution in [0.4, 0.5) is 0 Å². The average Bonchev–Trinajstić information content (AvgIpc) is 2.29. The van der Waals surface area contributed by atoms with Gasteiger partial charge in [0.25, 0.3) is 10.1 Å². The molecule has 0 saturated heterocycles. The molecule has 18 heavy (non-hydrogen) atoms. The third kappa shape index (κ3) is 2.07. The van der Waals surface area contributed by atoms with E-state index in [9.17, 15) is 8.42 Å². The highest BCUT2D eigenvalue weighted by Crippen LogP contribution is 2.33. The van der Waals surface area contributed by atoms with E-state index in [4.69, 9.17) is 9.29 Å². The lowest BCUT2D eigenvalue weighted by atomic mass is 10.0. The molecule has 0 fully saturated rings. The fourth-order valence-electron chi connectivity index (χ4n) is 2.01. The standard InChI is InChI=1S/C13H14O4S/c1-8-6-10-7-11(18(14,15)16)4-5-12(10)13(17-3)9(8)2/h4-7H,1-3H3,(H,14,15,16). The fourth-order valence-corrected chi connectivity index (χ4v) is 2.53. The summed E-state index contributed by atoms with van der Waals surface area (Å²) in [6, 6.07) is 6.33. The van der Waals surface area contributed by atoms with E-state index in [1.54, 1.807) is 13.2 Å². The average molecular weight is 266 g/mol. The predicted molar refractivity (Wildman–Crippen MR) is 69.8 cm³/mol. The van der Waals surface area contributed by atoms with Crippen molar-refractivity contribution in [3.8, 4) is 5.75 Å². The number of aryl methyl sites for hydroxylation is 1. The van der Waals surface area contributed by atoms with Crippen LogP contribution < -0.4 is 4.74 Å². The lowest BCUT2D eigenvalue weighted by Gasteiger charge is -2.12. The zero-order valence-electron chi connectivity index (χ0n) is 10.4. The molecule has 2 aromatic rings. The lowest BCUT2D eigenvalue weighted by molar-refractivity contribution is 0.416. The van der Waals surface area contributed by atoms with Crippen molar-refractivity contribution >= 4 is 20.9 Å². The minimum absolute atomic E-state index is 0.111. The van der Waals surface area contributed by atoms with Crippen LogP contribution in [0.15, 0.2) is 29.2 Å². The largest absolute Gasteiger partial charge is 0.496 e. The summed E-state index contributed by atoms with van der Waals surface area (Å²) in [6.07, 6.45) is 0. The molecule has 0 aliphatic carbocycles. The van der Waals surface area contributed by atoms with Crippen molar-refractivity contribution in [2.45, 2.75) is 18.7 Å². The van der Waals surface area contributed by atoms with Gasteiger partial charge in [-0.3, -0.25) is 4.55 Å². The SMILES string of the molecule is COc1c(C)c(C)cc2cc(S(=O)(=O)O)ccc12. The molecule has 0 aromatic heterocycles. The van der Waals surface area contributed by atoms with E-state index in [1.807, 2.05) is 19.9 Å². The second kappa shape index (κ2) is 4.26. The van der Waals surface area contributed by atoms with Crippen molar-refractivity contribution in [3.63, 3.8) is 0 Å². The Morgan fingerprint density at radius 1 is 1.17 bits per heavy atom. The summed E-state index contributed by atoms with van der Waals surface area (Å²) in [5, 5.41) is 1.55. The summed E-state index contributed by atoms with van der Waals surface area (Å²) < 4.78 is 36.6. The monoisotopic (exact) mass is 266 g/mol. The Morgan fingerprint density at radius 3 is 2.39 bits per heavy atom. The van der Waals surface area contributed by atoms with Crippen LogP contribution >= 0.6 is 0 Å². The smallest absolute Gasteiger partial charge is 0.294 e. The molecule has 1 N–H and O–H groups in total. The van der Waals surface area contributed by atoms with E-state index in [2.05, 4.69) is 0 Å². The Kier molecular flexibility index (Phi) is 3.04. The minimum atomic E-state index is -4.18. The van der Waals surface area contributed by atoms with Crippen molar-refractivity contribution in [2.24, 2.45) is 0 Å². The Balaban J connectivity index is 2.85. The molecule has 0 unspecified atom stereocenters. The van der Waals surface area contributed by atoms with E-state index >= 15 is 0 Å².